The Morgan fingerprint density at radius 2 is 1.96 bits per heavy atom. The van der Waals surface area contributed by atoms with Gasteiger partial charge in [-0.05, 0) is 54.5 Å². The van der Waals surface area contributed by atoms with E-state index in [4.69, 9.17) is 4.74 Å². The van der Waals surface area contributed by atoms with Crippen molar-refractivity contribution in [3.8, 4) is 5.75 Å². The fraction of sp³-hybridized carbons (Fsp3) is 0.105. The van der Waals surface area contributed by atoms with Crippen LogP contribution in [0.4, 0.5) is 5.69 Å². The Balaban J connectivity index is 1.93. The summed E-state index contributed by atoms with van der Waals surface area (Å²) >= 11 is 0. The number of nitro groups is 1. The molecule has 3 rings (SSSR count). The van der Waals surface area contributed by atoms with Crippen molar-refractivity contribution in [3.05, 3.63) is 75.5 Å². The van der Waals surface area contributed by atoms with Crippen molar-refractivity contribution in [2.24, 2.45) is 0 Å². The number of aromatic nitrogens is 1. The first-order chi connectivity index (χ1) is 11.6. The van der Waals surface area contributed by atoms with E-state index >= 15 is 0 Å². The minimum Gasteiger partial charge on any atom is -0.496 e. The lowest BCUT2D eigenvalue weighted by molar-refractivity contribution is -0.383. The molecule has 0 atom stereocenters. The highest BCUT2D eigenvalue weighted by atomic mass is 16.6. The van der Waals surface area contributed by atoms with Gasteiger partial charge < -0.3 is 4.74 Å². The molecule has 120 valence electrons. The maximum absolute atomic E-state index is 11.0. The third-order valence-corrected chi connectivity index (χ3v) is 3.79. The average molecular weight is 320 g/mol. The first-order valence-electron chi connectivity index (χ1n) is 7.45. The van der Waals surface area contributed by atoms with Gasteiger partial charge in [-0.15, -0.1) is 0 Å². The van der Waals surface area contributed by atoms with Gasteiger partial charge in [0.2, 0.25) is 0 Å². The normalized spacial score (nSPS) is 11.1. The second kappa shape index (κ2) is 6.50. The van der Waals surface area contributed by atoms with Gasteiger partial charge in [0.1, 0.15) is 5.75 Å². The smallest absolute Gasteiger partial charge is 0.278 e. The van der Waals surface area contributed by atoms with Gasteiger partial charge >= 0.3 is 0 Å². The van der Waals surface area contributed by atoms with Crippen molar-refractivity contribution in [1.29, 1.82) is 0 Å². The van der Waals surface area contributed by atoms with E-state index < -0.39 is 0 Å². The van der Waals surface area contributed by atoms with E-state index in [1.807, 2.05) is 37.3 Å². The molecule has 1 aromatic heterocycles. The monoisotopic (exact) mass is 320 g/mol. The first kappa shape index (κ1) is 15.7. The summed E-state index contributed by atoms with van der Waals surface area (Å²) in [5.74, 6) is 0.850. The molecule has 5 nitrogen and oxygen atoms in total. The summed E-state index contributed by atoms with van der Waals surface area (Å²) in [5, 5.41) is 11.6. The van der Waals surface area contributed by atoms with Crippen LogP contribution in [0.3, 0.4) is 0 Å². The van der Waals surface area contributed by atoms with Gasteiger partial charge in [0.25, 0.3) is 5.69 Å². The maximum Gasteiger partial charge on any atom is 0.278 e. The van der Waals surface area contributed by atoms with Gasteiger partial charge in [-0.25, -0.2) is 4.98 Å². The largest absolute Gasteiger partial charge is 0.496 e. The molecular formula is C19H16N2O3. The third kappa shape index (κ3) is 3.10. The van der Waals surface area contributed by atoms with Gasteiger partial charge in [-0.3, -0.25) is 10.1 Å². The molecule has 0 fully saturated rings. The number of ether oxygens (including phenoxy) is 1. The summed E-state index contributed by atoms with van der Waals surface area (Å²) < 4.78 is 5.25. The number of rotatable bonds is 4. The van der Waals surface area contributed by atoms with Crippen molar-refractivity contribution in [3.63, 3.8) is 0 Å². The second-order valence-electron chi connectivity index (χ2n) is 5.40. The van der Waals surface area contributed by atoms with Crippen LogP contribution in [0.15, 0.2) is 48.5 Å². The molecule has 0 aliphatic carbocycles. The summed E-state index contributed by atoms with van der Waals surface area (Å²) in [7, 11) is 1.65. The Hall–Kier alpha value is -3.21. The van der Waals surface area contributed by atoms with Gasteiger partial charge in [0.15, 0.2) is 0 Å². The van der Waals surface area contributed by atoms with E-state index in [0.29, 0.717) is 10.9 Å². The lowest BCUT2D eigenvalue weighted by Crippen LogP contribution is -1.91. The average Bonchev–Trinajstić information content (AvgIpc) is 2.59. The van der Waals surface area contributed by atoms with E-state index in [1.54, 1.807) is 31.4 Å². The predicted molar refractivity (Wildman–Crippen MR) is 95.1 cm³/mol. The molecule has 0 aliphatic heterocycles. The van der Waals surface area contributed by atoms with Crippen molar-refractivity contribution >= 4 is 28.7 Å². The fourth-order valence-corrected chi connectivity index (χ4v) is 2.59. The Kier molecular flexibility index (Phi) is 4.24. The number of pyridine rings is 1. The van der Waals surface area contributed by atoms with Crippen LogP contribution in [-0.2, 0) is 0 Å². The summed E-state index contributed by atoms with van der Waals surface area (Å²) in [6.45, 7) is 1.99. The van der Waals surface area contributed by atoms with Crippen LogP contribution in [0, 0.1) is 17.0 Å². The molecule has 0 N–H and O–H groups in total. The van der Waals surface area contributed by atoms with Crippen LogP contribution < -0.4 is 4.74 Å². The lowest BCUT2D eigenvalue weighted by Gasteiger charge is -2.04. The standard InChI is InChI=1S/C19H16N2O3/c1-13-12-14(7-11-19(13)24-2)6-8-15-9-10-16-17(20-15)4-3-5-18(16)21(22)23/h3-12H,1-2H3/b8-6+. The van der Waals surface area contributed by atoms with E-state index in [1.165, 1.54) is 6.07 Å². The number of hydrogen-bond acceptors (Lipinski definition) is 4. The molecule has 0 saturated heterocycles. The van der Waals surface area contributed by atoms with Crippen LogP contribution >= 0.6 is 0 Å². The van der Waals surface area contributed by atoms with Gasteiger partial charge in [0.05, 0.1) is 28.6 Å². The molecule has 0 unspecified atom stereocenters. The van der Waals surface area contributed by atoms with E-state index in [-0.39, 0.29) is 10.6 Å². The fourth-order valence-electron chi connectivity index (χ4n) is 2.59. The van der Waals surface area contributed by atoms with Crippen molar-refractivity contribution in [2.75, 3.05) is 7.11 Å². The number of nitro benzene ring substituents is 1. The molecule has 0 amide bonds. The van der Waals surface area contributed by atoms with Crippen molar-refractivity contribution < 1.29 is 9.66 Å². The highest BCUT2D eigenvalue weighted by Crippen LogP contribution is 2.25. The molecule has 0 saturated carbocycles. The summed E-state index contributed by atoms with van der Waals surface area (Å²) in [6.07, 6.45) is 3.84. The number of hydrogen-bond donors (Lipinski definition) is 0. The van der Waals surface area contributed by atoms with E-state index in [2.05, 4.69) is 4.98 Å². The molecule has 3 aromatic rings. The zero-order valence-electron chi connectivity index (χ0n) is 13.4. The van der Waals surface area contributed by atoms with Crippen molar-refractivity contribution in [1.82, 2.24) is 4.98 Å². The zero-order valence-corrected chi connectivity index (χ0v) is 13.4. The van der Waals surface area contributed by atoms with E-state index in [9.17, 15) is 10.1 Å². The van der Waals surface area contributed by atoms with E-state index in [0.717, 1.165) is 22.6 Å². The number of aryl methyl sites for hydroxylation is 1. The molecule has 24 heavy (non-hydrogen) atoms. The Morgan fingerprint density at radius 1 is 1.12 bits per heavy atom. The van der Waals surface area contributed by atoms with Gasteiger partial charge in [-0.1, -0.05) is 18.2 Å². The van der Waals surface area contributed by atoms with Crippen LogP contribution in [0.5, 0.6) is 5.75 Å². The van der Waals surface area contributed by atoms with Crippen LogP contribution in [0.2, 0.25) is 0 Å². The molecule has 0 radical (unpaired) electrons. The quantitative estimate of drug-likeness (QED) is 0.519. The molecular weight excluding hydrogens is 304 g/mol. The molecule has 1 heterocycles. The molecule has 2 aromatic carbocycles. The molecule has 0 bridgehead atoms. The predicted octanol–water partition coefficient (Wildman–Crippen LogP) is 4.63. The Morgan fingerprint density at radius 3 is 2.67 bits per heavy atom. The number of benzene rings is 2. The van der Waals surface area contributed by atoms with Crippen molar-refractivity contribution in [2.45, 2.75) is 6.92 Å². The molecule has 5 heteroatoms. The minimum atomic E-state index is -0.389. The SMILES string of the molecule is COc1ccc(/C=C/c2ccc3c([N+](=O)[O-])cccc3n2)cc1C. The van der Waals surface area contributed by atoms with Crippen LogP contribution in [0.1, 0.15) is 16.8 Å². The number of methoxy groups -OCH3 is 1. The highest BCUT2D eigenvalue weighted by molar-refractivity contribution is 5.89. The molecule has 0 aliphatic rings. The summed E-state index contributed by atoms with van der Waals surface area (Å²) in [6, 6.07) is 14.3. The summed E-state index contributed by atoms with van der Waals surface area (Å²) in [4.78, 5) is 15.1. The second-order valence-corrected chi connectivity index (χ2v) is 5.40. The number of fused-ring (bicyclic) bond motifs is 1. The Bertz CT molecular complexity index is 948. The topological polar surface area (TPSA) is 65.3 Å². The number of non-ortho nitro benzene ring substituents is 1. The molecule has 0 spiro atoms. The highest BCUT2D eigenvalue weighted by Gasteiger charge is 2.11. The minimum absolute atomic E-state index is 0.0707. The maximum atomic E-state index is 11.0. The van der Waals surface area contributed by atoms with Crippen LogP contribution in [-0.4, -0.2) is 17.0 Å². The Labute approximate surface area is 139 Å². The lowest BCUT2D eigenvalue weighted by atomic mass is 10.1. The number of nitrogens with zero attached hydrogens (tertiary/aromatic N) is 2. The third-order valence-electron chi connectivity index (χ3n) is 3.79. The summed E-state index contributed by atoms with van der Waals surface area (Å²) in [5.41, 5.74) is 3.52. The zero-order chi connectivity index (χ0) is 17.1. The first-order valence-corrected chi connectivity index (χ1v) is 7.45. The van der Waals surface area contributed by atoms with Crippen LogP contribution in [0.25, 0.3) is 23.1 Å². The van der Waals surface area contributed by atoms with Gasteiger partial charge in [0, 0.05) is 6.07 Å². The van der Waals surface area contributed by atoms with Gasteiger partial charge in [-0.2, -0.15) is 0 Å².